The number of ether oxygens (including phenoxy) is 1. The number of carbonyl (C=O) groups is 3. The molecule has 132 valence electrons. The quantitative estimate of drug-likeness (QED) is 0.756. The van der Waals surface area contributed by atoms with Crippen LogP contribution in [0.2, 0.25) is 0 Å². The number of carbonyl (C=O) groups excluding carboxylic acids is 3. The summed E-state index contributed by atoms with van der Waals surface area (Å²) in [5.74, 6) is -0.952. The second-order valence-electron chi connectivity index (χ2n) is 5.55. The topological polar surface area (TPSA) is 87.7 Å². The van der Waals surface area contributed by atoms with Crippen LogP contribution in [-0.2, 0) is 20.9 Å². The molecule has 0 radical (unpaired) electrons. The van der Waals surface area contributed by atoms with Crippen molar-refractivity contribution in [1.29, 1.82) is 0 Å². The number of nitrogens with zero attached hydrogens (tertiary/aromatic N) is 1. The first-order valence-corrected chi connectivity index (χ1v) is 8.96. The summed E-state index contributed by atoms with van der Waals surface area (Å²) in [5.41, 5.74) is 0. The highest BCUT2D eigenvalue weighted by molar-refractivity contribution is 7.09. The fourth-order valence-electron chi connectivity index (χ4n) is 2.58. The lowest BCUT2D eigenvalue weighted by Crippen LogP contribution is -2.49. The van der Waals surface area contributed by atoms with Gasteiger partial charge in [-0.3, -0.25) is 9.59 Å². The normalized spacial score (nSPS) is 17.2. The molecular formula is C16H23N3O4S. The lowest BCUT2D eigenvalue weighted by molar-refractivity contribution is -0.144. The molecule has 1 aromatic heterocycles. The van der Waals surface area contributed by atoms with Crippen LogP contribution in [0.5, 0.6) is 0 Å². The molecular weight excluding hydrogens is 330 g/mol. The van der Waals surface area contributed by atoms with Crippen molar-refractivity contribution in [3.8, 4) is 0 Å². The zero-order valence-electron chi connectivity index (χ0n) is 13.7. The first kappa shape index (κ1) is 18.3. The molecule has 1 atom stereocenters. The van der Waals surface area contributed by atoms with E-state index in [1.54, 1.807) is 23.2 Å². The van der Waals surface area contributed by atoms with E-state index in [2.05, 4.69) is 10.6 Å². The van der Waals surface area contributed by atoms with E-state index >= 15 is 0 Å². The third-order valence-electron chi connectivity index (χ3n) is 3.79. The Hall–Kier alpha value is -2.09. The minimum atomic E-state index is -0.452. The number of piperidine rings is 1. The van der Waals surface area contributed by atoms with Gasteiger partial charge in [0.05, 0.1) is 19.1 Å². The molecule has 2 heterocycles. The van der Waals surface area contributed by atoms with E-state index in [0.29, 0.717) is 26.1 Å². The molecule has 0 aromatic carbocycles. The van der Waals surface area contributed by atoms with Crippen molar-refractivity contribution < 1.29 is 19.1 Å². The van der Waals surface area contributed by atoms with Crippen LogP contribution < -0.4 is 10.6 Å². The van der Waals surface area contributed by atoms with Gasteiger partial charge in [0.25, 0.3) is 0 Å². The predicted octanol–water partition coefficient (Wildman–Crippen LogP) is 1.35. The highest BCUT2D eigenvalue weighted by Crippen LogP contribution is 2.17. The van der Waals surface area contributed by atoms with Gasteiger partial charge in [-0.2, -0.15) is 0 Å². The van der Waals surface area contributed by atoms with E-state index in [9.17, 15) is 14.4 Å². The molecule has 8 heteroatoms. The van der Waals surface area contributed by atoms with Crippen molar-refractivity contribution >= 4 is 29.2 Å². The maximum Gasteiger partial charge on any atom is 0.325 e. The van der Waals surface area contributed by atoms with Crippen molar-refractivity contribution in [3.63, 3.8) is 0 Å². The largest absolute Gasteiger partial charge is 0.465 e. The molecule has 3 amide bonds. The summed E-state index contributed by atoms with van der Waals surface area (Å²) >= 11 is 1.59. The Morgan fingerprint density at radius 1 is 1.38 bits per heavy atom. The van der Waals surface area contributed by atoms with Crippen molar-refractivity contribution in [2.45, 2.75) is 26.3 Å². The Balaban J connectivity index is 1.76. The summed E-state index contributed by atoms with van der Waals surface area (Å²) in [4.78, 5) is 38.4. The second-order valence-corrected chi connectivity index (χ2v) is 6.58. The number of urea groups is 1. The number of likely N-dealkylation sites (tertiary alicyclic amines) is 1. The molecule has 0 saturated carbocycles. The third kappa shape index (κ3) is 5.52. The van der Waals surface area contributed by atoms with E-state index in [0.717, 1.165) is 11.3 Å². The van der Waals surface area contributed by atoms with Gasteiger partial charge in [0, 0.05) is 18.0 Å². The lowest BCUT2D eigenvalue weighted by atomic mass is 9.97. The number of esters is 1. The Morgan fingerprint density at radius 3 is 2.92 bits per heavy atom. The predicted molar refractivity (Wildman–Crippen MR) is 90.5 cm³/mol. The molecule has 0 spiro atoms. The lowest BCUT2D eigenvalue weighted by Gasteiger charge is -2.32. The average Bonchev–Trinajstić information content (AvgIpc) is 3.11. The van der Waals surface area contributed by atoms with Gasteiger partial charge in [0.1, 0.15) is 6.54 Å². The van der Waals surface area contributed by atoms with Crippen molar-refractivity contribution in [2.75, 3.05) is 26.2 Å². The van der Waals surface area contributed by atoms with E-state index < -0.39 is 5.97 Å². The monoisotopic (exact) mass is 353 g/mol. The molecule has 1 fully saturated rings. The molecule has 1 aliphatic rings. The van der Waals surface area contributed by atoms with Gasteiger partial charge in [0.2, 0.25) is 5.91 Å². The molecule has 1 unspecified atom stereocenters. The van der Waals surface area contributed by atoms with Gasteiger partial charge in [0.15, 0.2) is 0 Å². The number of hydrogen-bond acceptors (Lipinski definition) is 5. The maximum absolute atomic E-state index is 12.2. The first-order chi connectivity index (χ1) is 11.6. The van der Waals surface area contributed by atoms with Crippen LogP contribution in [0.4, 0.5) is 4.79 Å². The first-order valence-electron chi connectivity index (χ1n) is 8.08. The molecule has 1 aliphatic heterocycles. The van der Waals surface area contributed by atoms with Crippen LogP contribution in [-0.4, -0.2) is 49.0 Å². The van der Waals surface area contributed by atoms with Crippen LogP contribution in [0, 0.1) is 5.92 Å². The molecule has 2 rings (SSSR count). The Labute approximate surface area is 145 Å². The van der Waals surface area contributed by atoms with E-state index in [1.165, 1.54) is 0 Å². The Bertz CT molecular complexity index is 562. The van der Waals surface area contributed by atoms with Gasteiger partial charge in [-0.25, -0.2) is 4.79 Å². The van der Waals surface area contributed by atoms with Gasteiger partial charge < -0.3 is 20.3 Å². The fraction of sp³-hybridized carbons (Fsp3) is 0.562. The van der Waals surface area contributed by atoms with Gasteiger partial charge in [-0.15, -0.1) is 11.3 Å². The van der Waals surface area contributed by atoms with Crippen LogP contribution in [0.25, 0.3) is 0 Å². The number of thiophene rings is 1. The van der Waals surface area contributed by atoms with Gasteiger partial charge in [-0.1, -0.05) is 6.07 Å². The minimum Gasteiger partial charge on any atom is -0.465 e. The minimum absolute atomic E-state index is 0.131. The standard InChI is InChI=1S/C16H23N3O4S/c1-2-23-14(20)10-17-15(21)12-5-3-7-19(11-12)16(22)18-9-13-6-4-8-24-13/h4,6,8,12H,2-3,5,7,9-11H2,1H3,(H,17,21)(H,18,22). The Morgan fingerprint density at radius 2 is 2.21 bits per heavy atom. The smallest absolute Gasteiger partial charge is 0.325 e. The van der Waals surface area contributed by atoms with Gasteiger partial charge >= 0.3 is 12.0 Å². The summed E-state index contributed by atoms with van der Waals surface area (Å²) in [7, 11) is 0. The Kier molecular flexibility index (Phi) is 7.05. The number of rotatable bonds is 6. The van der Waals surface area contributed by atoms with Crippen LogP contribution >= 0.6 is 11.3 Å². The third-order valence-corrected chi connectivity index (χ3v) is 4.66. The zero-order valence-corrected chi connectivity index (χ0v) is 14.6. The fourth-order valence-corrected chi connectivity index (χ4v) is 3.22. The van der Waals surface area contributed by atoms with Crippen molar-refractivity contribution in [3.05, 3.63) is 22.4 Å². The zero-order chi connectivity index (χ0) is 17.4. The van der Waals surface area contributed by atoms with E-state index in [-0.39, 0.29) is 31.0 Å². The van der Waals surface area contributed by atoms with Crippen LogP contribution in [0.1, 0.15) is 24.6 Å². The summed E-state index contributed by atoms with van der Waals surface area (Å²) in [5, 5.41) is 7.42. The molecule has 7 nitrogen and oxygen atoms in total. The van der Waals surface area contributed by atoms with Crippen molar-refractivity contribution in [1.82, 2.24) is 15.5 Å². The van der Waals surface area contributed by atoms with Crippen LogP contribution in [0.15, 0.2) is 17.5 Å². The summed E-state index contributed by atoms with van der Waals surface area (Å²) in [6.07, 6.45) is 1.48. The number of nitrogens with one attached hydrogen (secondary N) is 2. The number of amides is 3. The average molecular weight is 353 g/mol. The molecule has 0 aliphatic carbocycles. The molecule has 0 bridgehead atoms. The van der Waals surface area contributed by atoms with E-state index in [1.807, 2.05) is 17.5 Å². The van der Waals surface area contributed by atoms with Crippen molar-refractivity contribution in [2.24, 2.45) is 5.92 Å². The number of hydrogen-bond donors (Lipinski definition) is 2. The summed E-state index contributed by atoms with van der Waals surface area (Å²) in [6, 6.07) is 3.75. The second kappa shape index (κ2) is 9.27. The molecule has 1 aromatic rings. The van der Waals surface area contributed by atoms with Gasteiger partial charge in [-0.05, 0) is 31.2 Å². The summed E-state index contributed by atoms with van der Waals surface area (Å²) < 4.78 is 4.78. The molecule has 1 saturated heterocycles. The maximum atomic E-state index is 12.2. The molecule has 24 heavy (non-hydrogen) atoms. The molecule has 2 N–H and O–H groups in total. The SMILES string of the molecule is CCOC(=O)CNC(=O)C1CCCN(C(=O)NCc2cccs2)C1. The highest BCUT2D eigenvalue weighted by atomic mass is 32.1. The summed E-state index contributed by atoms with van der Waals surface area (Å²) in [6.45, 7) is 3.37. The van der Waals surface area contributed by atoms with E-state index in [4.69, 9.17) is 4.74 Å². The van der Waals surface area contributed by atoms with Crippen LogP contribution in [0.3, 0.4) is 0 Å². The highest BCUT2D eigenvalue weighted by Gasteiger charge is 2.28.